The van der Waals surface area contributed by atoms with Crippen molar-refractivity contribution in [2.45, 2.75) is 85.0 Å². The Bertz CT molecular complexity index is 514. The van der Waals surface area contributed by atoms with Gasteiger partial charge < -0.3 is 25.5 Å². The summed E-state index contributed by atoms with van der Waals surface area (Å²) in [5, 5.41) is 9.14. The summed E-state index contributed by atoms with van der Waals surface area (Å²) in [7, 11) is 1.33. The highest BCUT2D eigenvalue weighted by Crippen LogP contribution is 2.10. The Kier molecular flexibility index (Phi) is 32.0. The summed E-state index contributed by atoms with van der Waals surface area (Å²) in [4.78, 5) is 30.4. The Morgan fingerprint density at radius 1 is 0.806 bits per heavy atom. The molecular weight excluding hydrogens is 398 g/mol. The number of methoxy groups -OCH3 is 1. The van der Waals surface area contributed by atoms with Crippen LogP contribution in [0.2, 0.25) is 0 Å². The van der Waals surface area contributed by atoms with Crippen LogP contribution in [0.25, 0.3) is 0 Å². The van der Waals surface area contributed by atoms with E-state index in [4.69, 9.17) is 14.6 Å². The average Bonchev–Trinajstić information content (AvgIpc) is 2.71. The van der Waals surface area contributed by atoms with Gasteiger partial charge in [-0.05, 0) is 26.3 Å². The molecule has 182 valence electrons. The molecule has 0 aliphatic heterocycles. The van der Waals surface area contributed by atoms with Crippen molar-refractivity contribution < 1.29 is 29.0 Å². The van der Waals surface area contributed by atoms with Crippen molar-refractivity contribution in [1.82, 2.24) is 6.15 Å². The van der Waals surface area contributed by atoms with Crippen molar-refractivity contribution in [3.05, 3.63) is 37.0 Å². The summed E-state index contributed by atoms with van der Waals surface area (Å²) < 4.78 is 9.31. The van der Waals surface area contributed by atoms with Crippen molar-refractivity contribution in [2.24, 2.45) is 0 Å². The number of carbonyl (C=O) groups excluding carboxylic acids is 3. The quantitative estimate of drug-likeness (QED) is 0.227. The van der Waals surface area contributed by atoms with Gasteiger partial charge in [-0.1, -0.05) is 84.4 Å². The molecule has 0 rings (SSSR count). The van der Waals surface area contributed by atoms with Crippen LogP contribution in [0.1, 0.15) is 85.0 Å². The van der Waals surface area contributed by atoms with Crippen molar-refractivity contribution in [3.8, 4) is 0 Å². The van der Waals surface area contributed by atoms with Gasteiger partial charge in [0, 0.05) is 11.1 Å². The van der Waals surface area contributed by atoms with Gasteiger partial charge in [0.15, 0.2) is 0 Å². The van der Waals surface area contributed by atoms with Gasteiger partial charge in [0.05, 0.1) is 19.7 Å². The molecule has 0 aromatic heterocycles. The fourth-order valence-electron chi connectivity index (χ4n) is 2.05. The van der Waals surface area contributed by atoms with Crippen LogP contribution in [0.3, 0.4) is 0 Å². The van der Waals surface area contributed by atoms with E-state index in [1.807, 2.05) is 0 Å². The van der Waals surface area contributed by atoms with E-state index in [2.05, 4.69) is 31.4 Å². The first-order chi connectivity index (χ1) is 14.1. The first-order valence-electron chi connectivity index (χ1n) is 10.5. The first kappa shape index (κ1) is 36.0. The molecule has 7 heteroatoms. The van der Waals surface area contributed by atoms with Gasteiger partial charge in [-0.15, -0.1) is 0 Å². The van der Waals surface area contributed by atoms with Gasteiger partial charge in [0.2, 0.25) is 0 Å². The number of esters is 2. The molecule has 0 aliphatic rings. The summed E-state index contributed by atoms with van der Waals surface area (Å²) in [6.45, 7) is 15.9. The van der Waals surface area contributed by atoms with E-state index in [9.17, 15) is 9.59 Å². The standard InChI is InChI=1S/C16H30O2.C5H8O2.C3H4O2.H3N/c1-4-5-6-7-8-9-10-11-12-13-14-18-16(17)15(2)3;1-4(2)5(6)7-3;1-2-3(4)5;/h2,4-14H2,1,3H3;1H2,2-3H3;2H,1H2,(H,4,5);1H3. The molecular formula is C24H45NO6. The van der Waals surface area contributed by atoms with E-state index < -0.39 is 5.97 Å². The molecule has 0 spiro atoms. The van der Waals surface area contributed by atoms with Crippen LogP contribution in [0.15, 0.2) is 37.0 Å². The van der Waals surface area contributed by atoms with E-state index in [0.29, 0.717) is 17.8 Å². The summed E-state index contributed by atoms with van der Waals surface area (Å²) in [6, 6.07) is 0. The van der Waals surface area contributed by atoms with Gasteiger partial charge in [-0.25, -0.2) is 9.59 Å². The molecule has 7 nitrogen and oxygen atoms in total. The third kappa shape index (κ3) is 35.4. The number of hydrogen-bond donors (Lipinski definition) is 1. The molecule has 0 unspecified atom stereocenters. The van der Waals surface area contributed by atoms with Crippen molar-refractivity contribution in [1.29, 1.82) is 0 Å². The highest BCUT2D eigenvalue weighted by Gasteiger charge is 2.01. The normalized spacial score (nSPS) is 8.77. The van der Waals surface area contributed by atoms with Gasteiger partial charge >= 0.3 is 11.9 Å². The van der Waals surface area contributed by atoms with Crippen LogP contribution in [0, 0.1) is 0 Å². The summed E-state index contributed by atoms with van der Waals surface area (Å²) >= 11 is 0. The van der Waals surface area contributed by atoms with Crippen LogP contribution in [-0.4, -0.2) is 31.6 Å². The molecule has 0 fully saturated rings. The number of aliphatic carboxylic acids is 1. The molecule has 0 atom stereocenters. The SMILES string of the molecule is C=C(C)C(=O)OC.C=C(C)C(=O)OCCCCCCCCCCCC.C=CC(=O)[O-].[NH4+]. The number of ether oxygens (including phenoxy) is 2. The number of carboxylic acid groups (broad SMARTS) is 1. The number of quaternary nitrogens is 1. The molecule has 0 amide bonds. The molecule has 0 heterocycles. The van der Waals surface area contributed by atoms with Crippen LogP contribution in [0.5, 0.6) is 0 Å². The molecule has 0 aliphatic carbocycles. The van der Waals surface area contributed by atoms with Gasteiger partial charge in [-0.2, -0.15) is 0 Å². The molecule has 0 bridgehead atoms. The fourth-order valence-corrected chi connectivity index (χ4v) is 2.05. The van der Waals surface area contributed by atoms with E-state index in [1.165, 1.54) is 64.9 Å². The second-order valence-corrected chi connectivity index (χ2v) is 6.89. The van der Waals surface area contributed by atoms with Crippen LogP contribution in [0.4, 0.5) is 0 Å². The van der Waals surface area contributed by atoms with Crippen molar-refractivity contribution in [3.63, 3.8) is 0 Å². The Morgan fingerprint density at radius 3 is 1.42 bits per heavy atom. The Labute approximate surface area is 189 Å². The van der Waals surface area contributed by atoms with Gasteiger partial charge in [0.1, 0.15) is 0 Å². The summed E-state index contributed by atoms with van der Waals surface area (Å²) in [5.74, 6) is -1.84. The van der Waals surface area contributed by atoms with E-state index in [0.717, 1.165) is 12.5 Å². The molecule has 0 saturated heterocycles. The van der Waals surface area contributed by atoms with E-state index in [1.54, 1.807) is 13.8 Å². The van der Waals surface area contributed by atoms with Crippen LogP contribution >= 0.6 is 0 Å². The smallest absolute Gasteiger partial charge is 0.333 e. The average molecular weight is 444 g/mol. The zero-order valence-electron chi connectivity index (χ0n) is 20.4. The lowest BCUT2D eigenvalue weighted by molar-refractivity contribution is -0.297. The molecule has 31 heavy (non-hydrogen) atoms. The minimum absolute atomic E-state index is 0. The van der Waals surface area contributed by atoms with Crippen LogP contribution < -0.4 is 11.3 Å². The summed E-state index contributed by atoms with van der Waals surface area (Å²) in [6.07, 6.45) is 13.7. The molecule has 0 saturated carbocycles. The molecule has 4 N–H and O–H groups in total. The third-order valence-corrected chi connectivity index (χ3v) is 3.78. The number of carbonyl (C=O) groups is 3. The second kappa shape index (κ2) is 27.6. The van der Waals surface area contributed by atoms with E-state index in [-0.39, 0.29) is 18.1 Å². The third-order valence-electron chi connectivity index (χ3n) is 3.78. The maximum atomic E-state index is 11.1. The van der Waals surface area contributed by atoms with Crippen LogP contribution in [-0.2, 0) is 23.9 Å². The number of carboxylic acids is 1. The zero-order valence-corrected chi connectivity index (χ0v) is 20.4. The predicted octanol–water partition coefficient (Wildman–Crippen LogP) is 5.06. The monoisotopic (exact) mass is 443 g/mol. The highest BCUT2D eigenvalue weighted by molar-refractivity contribution is 5.87. The number of rotatable bonds is 14. The summed E-state index contributed by atoms with van der Waals surface area (Å²) in [5.41, 5.74) is 0.921. The molecule has 0 radical (unpaired) electrons. The highest BCUT2D eigenvalue weighted by atomic mass is 16.5. The lowest BCUT2D eigenvalue weighted by Crippen LogP contribution is -2.17. The lowest BCUT2D eigenvalue weighted by atomic mass is 10.1. The second-order valence-electron chi connectivity index (χ2n) is 6.89. The minimum Gasteiger partial charge on any atom is -0.545 e. The Hall–Kier alpha value is -2.41. The molecule has 0 aromatic rings. The predicted molar refractivity (Wildman–Crippen MR) is 126 cm³/mol. The topological polar surface area (TPSA) is 129 Å². The number of hydrogen-bond acceptors (Lipinski definition) is 6. The Balaban J connectivity index is -0.000000231. The van der Waals surface area contributed by atoms with E-state index >= 15 is 0 Å². The maximum Gasteiger partial charge on any atom is 0.333 e. The van der Waals surface area contributed by atoms with Gasteiger partial charge in [0.25, 0.3) is 0 Å². The Morgan fingerprint density at radius 2 is 1.16 bits per heavy atom. The fraction of sp³-hybridized carbons (Fsp3) is 0.625. The van der Waals surface area contributed by atoms with Crippen molar-refractivity contribution in [2.75, 3.05) is 13.7 Å². The number of unbranched alkanes of at least 4 members (excludes halogenated alkanes) is 9. The first-order valence-corrected chi connectivity index (χ1v) is 10.5. The largest absolute Gasteiger partial charge is 0.545 e. The molecule has 0 aromatic carbocycles. The maximum absolute atomic E-state index is 11.1. The minimum atomic E-state index is -1.23. The zero-order chi connectivity index (χ0) is 23.8. The van der Waals surface area contributed by atoms with Crippen molar-refractivity contribution >= 4 is 17.9 Å². The lowest BCUT2D eigenvalue weighted by Gasteiger charge is -2.04. The van der Waals surface area contributed by atoms with Gasteiger partial charge in [-0.3, -0.25) is 0 Å².